The van der Waals surface area contributed by atoms with Crippen molar-refractivity contribution >= 4 is 11.9 Å². The van der Waals surface area contributed by atoms with Crippen LogP contribution in [0.1, 0.15) is 41.0 Å². The Bertz CT molecular complexity index is 336. The van der Waals surface area contributed by atoms with Gasteiger partial charge in [-0.3, -0.25) is 9.59 Å². The predicted octanol–water partition coefficient (Wildman–Crippen LogP) is 1.99. The third-order valence-corrected chi connectivity index (χ3v) is 4.26. The van der Waals surface area contributed by atoms with E-state index >= 15 is 0 Å². The number of hydrogen-bond acceptors (Lipinski definition) is 2. The van der Waals surface area contributed by atoms with Crippen molar-refractivity contribution in [3.63, 3.8) is 0 Å². The van der Waals surface area contributed by atoms with Crippen LogP contribution in [0, 0.1) is 16.7 Å². The van der Waals surface area contributed by atoms with Crippen molar-refractivity contribution in [3.05, 3.63) is 0 Å². The van der Waals surface area contributed by atoms with E-state index in [1.807, 2.05) is 0 Å². The number of carboxylic acid groups (broad SMARTS) is 1. The highest BCUT2D eigenvalue weighted by molar-refractivity contribution is 6.01. The third-order valence-electron chi connectivity index (χ3n) is 4.26. The van der Waals surface area contributed by atoms with Gasteiger partial charge in [0, 0.05) is 13.1 Å². The number of hydrogen-bond donors (Lipinski definition) is 1. The Morgan fingerprint density at radius 3 is 2.24 bits per heavy atom. The maximum Gasteiger partial charge on any atom is 0.318 e. The van der Waals surface area contributed by atoms with E-state index in [2.05, 4.69) is 20.8 Å². The molecule has 1 amide bonds. The second-order valence-electron chi connectivity index (χ2n) is 6.22. The highest BCUT2D eigenvalue weighted by Gasteiger charge is 2.45. The maximum atomic E-state index is 12.2. The summed E-state index contributed by atoms with van der Waals surface area (Å²) in [5.41, 5.74) is -1.20. The van der Waals surface area contributed by atoms with Gasteiger partial charge in [-0.1, -0.05) is 20.8 Å². The summed E-state index contributed by atoms with van der Waals surface area (Å²) in [4.78, 5) is 24.9. The Morgan fingerprint density at radius 2 is 1.88 bits per heavy atom. The number of carboxylic acids is 1. The number of rotatable bonds is 3. The highest BCUT2D eigenvalue weighted by atomic mass is 16.4. The number of likely N-dealkylation sites (tertiary alicyclic amines) is 1. The molecule has 1 aliphatic rings. The molecule has 1 heterocycles. The Balaban J connectivity index is 2.79. The summed E-state index contributed by atoms with van der Waals surface area (Å²) in [6.45, 7) is 10.8. The molecule has 0 unspecified atom stereocenters. The number of aliphatic carboxylic acids is 1. The van der Waals surface area contributed by atoms with Gasteiger partial charge >= 0.3 is 5.97 Å². The van der Waals surface area contributed by atoms with Crippen LogP contribution in [0.25, 0.3) is 0 Å². The SMILES string of the molecule is CC(C)[C@@]1(C)CCN(C(=O)C(C)(C)C(=O)O)C1. The predicted molar refractivity (Wildman–Crippen MR) is 65.6 cm³/mol. The smallest absolute Gasteiger partial charge is 0.318 e. The summed E-state index contributed by atoms with van der Waals surface area (Å²) in [6.07, 6.45) is 0.951. The van der Waals surface area contributed by atoms with Crippen molar-refractivity contribution in [1.29, 1.82) is 0 Å². The molecule has 17 heavy (non-hydrogen) atoms. The van der Waals surface area contributed by atoms with Gasteiger partial charge in [0.15, 0.2) is 0 Å². The zero-order valence-corrected chi connectivity index (χ0v) is 11.4. The van der Waals surface area contributed by atoms with E-state index in [0.717, 1.165) is 6.42 Å². The quantitative estimate of drug-likeness (QED) is 0.769. The largest absolute Gasteiger partial charge is 0.480 e. The van der Waals surface area contributed by atoms with Gasteiger partial charge in [-0.05, 0) is 31.6 Å². The van der Waals surface area contributed by atoms with E-state index < -0.39 is 11.4 Å². The first kappa shape index (κ1) is 14.0. The fourth-order valence-electron chi connectivity index (χ4n) is 2.12. The lowest BCUT2D eigenvalue weighted by atomic mass is 9.78. The Morgan fingerprint density at radius 1 is 1.35 bits per heavy atom. The molecule has 0 saturated carbocycles. The van der Waals surface area contributed by atoms with Crippen LogP contribution in [0.4, 0.5) is 0 Å². The topological polar surface area (TPSA) is 57.6 Å². The number of nitrogens with zero attached hydrogens (tertiary/aromatic N) is 1. The van der Waals surface area contributed by atoms with Crippen LogP contribution in [0.3, 0.4) is 0 Å². The molecular weight excluding hydrogens is 218 g/mol. The van der Waals surface area contributed by atoms with Gasteiger partial charge in [0.25, 0.3) is 0 Å². The van der Waals surface area contributed by atoms with Gasteiger partial charge in [0.05, 0.1) is 0 Å². The molecule has 0 aromatic carbocycles. The molecule has 0 radical (unpaired) electrons. The van der Waals surface area contributed by atoms with Crippen LogP contribution in [-0.2, 0) is 9.59 Å². The molecule has 4 heteroatoms. The molecular formula is C13H23NO3. The second kappa shape index (κ2) is 4.31. The van der Waals surface area contributed by atoms with Gasteiger partial charge in [-0.2, -0.15) is 0 Å². The van der Waals surface area contributed by atoms with Gasteiger partial charge in [0.2, 0.25) is 5.91 Å². The average Bonchev–Trinajstić information content (AvgIpc) is 2.61. The molecule has 1 aliphatic heterocycles. The zero-order valence-electron chi connectivity index (χ0n) is 11.4. The molecule has 1 fully saturated rings. The average molecular weight is 241 g/mol. The minimum Gasteiger partial charge on any atom is -0.480 e. The summed E-state index contributed by atoms with van der Waals surface area (Å²) < 4.78 is 0. The Labute approximate surface area is 103 Å². The van der Waals surface area contributed by atoms with E-state index in [9.17, 15) is 9.59 Å². The van der Waals surface area contributed by atoms with Crippen LogP contribution in [0.15, 0.2) is 0 Å². The first-order valence-corrected chi connectivity index (χ1v) is 6.14. The molecule has 0 aliphatic carbocycles. The van der Waals surface area contributed by atoms with Crippen molar-refractivity contribution < 1.29 is 14.7 Å². The zero-order chi connectivity index (χ0) is 13.4. The van der Waals surface area contributed by atoms with Gasteiger partial charge in [-0.15, -0.1) is 0 Å². The van der Waals surface area contributed by atoms with E-state index in [-0.39, 0.29) is 11.3 Å². The van der Waals surface area contributed by atoms with Crippen molar-refractivity contribution in [3.8, 4) is 0 Å². The monoisotopic (exact) mass is 241 g/mol. The molecule has 1 N–H and O–H groups in total. The first-order valence-electron chi connectivity index (χ1n) is 6.14. The minimum atomic E-state index is -1.32. The summed E-state index contributed by atoms with van der Waals surface area (Å²) >= 11 is 0. The van der Waals surface area contributed by atoms with E-state index in [0.29, 0.717) is 19.0 Å². The van der Waals surface area contributed by atoms with Crippen LogP contribution >= 0.6 is 0 Å². The molecule has 0 spiro atoms. The summed E-state index contributed by atoms with van der Waals surface area (Å²) in [5.74, 6) is -0.830. The normalized spacial score (nSPS) is 25.4. The molecule has 0 aromatic heterocycles. The van der Waals surface area contributed by atoms with Crippen molar-refractivity contribution in [1.82, 2.24) is 4.90 Å². The standard InChI is InChI=1S/C13H23NO3/c1-9(2)13(5)6-7-14(8-13)10(15)12(3,4)11(16)17/h9H,6-8H2,1-5H3,(H,16,17)/t13-/m0/s1. The van der Waals surface area contributed by atoms with Gasteiger partial charge in [0.1, 0.15) is 5.41 Å². The van der Waals surface area contributed by atoms with Crippen molar-refractivity contribution in [2.45, 2.75) is 41.0 Å². The van der Waals surface area contributed by atoms with Gasteiger partial charge < -0.3 is 10.0 Å². The Hall–Kier alpha value is -1.06. The van der Waals surface area contributed by atoms with E-state index in [4.69, 9.17) is 5.11 Å². The Kier molecular flexibility index (Phi) is 3.55. The number of carbonyl (C=O) groups is 2. The summed E-state index contributed by atoms with van der Waals surface area (Å²) in [5, 5.41) is 9.06. The summed E-state index contributed by atoms with van der Waals surface area (Å²) in [7, 11) is 0. The fraction of sp³-hybridized carbons (Fsp3) is 0.846. The highest BCUT2D eigenvalue weighted by Crippen LogP contribution is 2.38. The summed E-state index contributed by atoms with van der Waals surface area (Å²) in [6, 6.07) is 0. The number of carbonyl (C=O) groups excluding carboxylic acids is 1. The molecule has 1 saturated heterocycles. The first-order chi connectivity index (χ1) is 7.61. The minimum absolute atomic E-state index is 0.115. The molecule has 1 atom stereocenters. The van der Waals surface area contributed by atoms with Crippen molar-refractivity contribution in [2.24, 2.45) is 16.7 Å². The second-order valence-corrected chi connectivity index (χ2v) is 6.22. The third kappa shape index (κ3) is 2.45. The van der Waals surface area contributed by atoms with E-state index in [1.54, 1.807) is 4.90 Å². The van der Waals surface area contributed by atoms with Crippen molar-refractivity contribution in [2.75, 3.05) is 13.1 Å². The van der Waals surface area contributed by atoms with Crippen LogP contribution in [-0.4, -0.2) is 35.0 Å². The van der Waals surface area contributed by atoms with Crippen LogP contribution in [0.2, 0.25) is 0 Å². The van der Waals surface area contributed by atoms with Gasteiger partial charge in [-0.25, -0.2) is 0 Å². The van der Waals surface area contributed by atoms with Crippen LogP contribution < -0.4 is 0 Å². The molecule has 0 bridgehead atoms. The lowest BCUT2D eigenvalue weighted by Crippen LogP contribution is -2.45. The van der Waals surface area contributed by atoms with E-state index in [1.165, 1.54) is 13.8 Å². The molecule has 0 aromatic rings. The van der Waals surface area contributed by atoms with Crippen LogP contribution in [0.5, 0.6) is 0 Å². The lowest BCUT2D eigenvalue weighted by molar-refractivity contribution is -0.157. The maximum absolute atomic E-state index is 12.2. The number of amides is 1. The fourth-order valence-corrected chi connectivity index (χ4v) is 2.12. The molecule has 98 valence electrons. The lowest BCUT2D eigenvalue weighted by Gasteiger charge is -2.31. The molecule has 4 nitrogen and oxygen atoms in total. The molecule has 1 rings (SSSR count).